The van der Waals surface area contributed by atoms with Crippen LogP contribution in [0.15, 0.2) is 29.1 Å². The average Bonchev–Trinajstić information content (AvgIpc) is 3.14. The van der Waals surface area contributed by atoms with Gasteiger partial charge in [-0.15, -0.1) is 0 Å². The van der Waals surface area contributed by atoms with E-state index in [0.717, 1.165) is 25.5 Å². The molecule has 0 aromatic carbocycles. The van der Waals surface area contributed by atoms with Gasteiger partial charge < -0.3 is 13.9 Å². The molecule has 6 nitrogen and oxygen atoms in total. The third-order valence-electron chi connectivity index (χ3n) is 4.43. The van der Waals surface area contributed by atoms with Crippen LogP contribution in [-0.2, 0) is 7.05 Å². The number of carbonyl (C=O) groups excluding carboxylic acids is 1. The van der Waals surface area contributed by atoms with E-state index in [9.17, 15) is 4.79 Å². The number of nitrogens with zero attached hydrogens (tertiary/aromatic N) is 4. The van der Waals surface area contributed by atoms with Gasteiger partial charge in [-0.05, 0) is 19.5 Å². The number of imidazole rings is 1. The van der Waals surface area contributed by atoms with Crippen LogP contribution in [0.5, 0.6) is 0 Å². The standard InChI is InChI=1S/C16H22N4O2/c1-4-19-8-9-20(16(21)13-5-10-22-12(13)2)11-14(19)15-17-6-7-18(15)3/h5-7,10,14H,4,8-9,11H2,1-3H3/t14-/m0/s1. The van der Waals surface area contributed by atoms with Gasteiger partial charge in [0.2, 0.25) is 0 Å². The smallest absolute Gasteiger partial charge is 0.257 e. The van der Waals surface area contributed by atoms with Crippen molar-refractivity contribution in [2.24, 2.45) is 7.05 Å². The van der Waals surface area contributed by atoms with Crippen LogP contribution in [0.3, 0.4) is 0 Å². The second kappa shape index (κ2) is 5.96. The first-order valence-electron chi connectivity index (χ1n) is 7.66. The van der Waals surface area contributed by atoms with Gasteiger partial charge in [0.1, 0.15) is 11.6 Å². The number of rotatable bonds is 3. The van der Waals surface area contributed by atoms with Gasteiger partial charge >= 0.3 is 0 Å². The highest BCUT2D eigenvalue weighted by molar-refractivity contribution is 5.95. The predicted molar refractivity (Wildman–Crippen MR) is 82.5 cm³/mol. The van der Waals surface area contributed by atoms with Gasteiger partial charge in [0.15, 0.2) is 0 Å². The van der Waals surface area contributed by atoms with E-state index >= 15 is 0 Å². The van der Waals surface area contributed by atoms with Crippen molar-refractivity contribution in [2.75, 3.05) is 26.2 Å². The van der Waals surface area contributed by atoms with Crippen molar-refractivity contribution in [3.8, 4) is 0 Å². The quantitative estimate of drug-likeness (QED) is 0.868. The lowest BCUT2D eigenvalue weighted by Crippen LogP contribution is -2.51. The lowest BCUT2D eigenvalue weighted by molar-refractivity contribution is 0.0471. The summed E-state index contributed by atoms with van der Waals surface area (Å²) in [4.78, 5) is 21.4. The highest BCUT2D eigenvalue weighted by atomic mass is 16.3. The van der Waals surface area contributed by atoms with Crippen LogP contribution in [-0.4, -0.2) is 51.4 Å². The van der Waals surface area contributed by atoms with Gasteiger partial charge in [-0.25, -0.2) is 4.98 Å². The molecule has 0 unspecified atom stereocenters. The fourth-order valence-corrected chi connectivity index (χ4v) is 3.10. The average molecular weight is 302 g/mol. The van der Waals surface area contributed by atoms with Gasteiger partial charge in [-0.1, -0.05) is 6.92 Å². The van der Waals surface area contributed by atoms with Gasteiger partial charge in [0, 0.05) is 39.1 Å². The van der Waals surface area contributed by atoms with E-state index in [4.69, 9.17) is 4.42 Å². The Morgan fingerprint density at radius 1 is 1.45 bits per heavy atom. The largest absolute Gasteiger partial charge is 0.469 e. The summed E-state index contributed by atoms with van der Waals surface area (Å²) in [5.41, 5.74) is 0.656. The van der Waals surface area contributed by atoms with E-state index in [2.05, 4.69) is 16.8 Å². The number of furan rings is 1. The third-order valence-corrected chi connectivity index (χ3v) is 4.43. The molecule has 2 aromatic heterocycles. The Morgan fingerprint density at radius 2 is 2.27 bits per heavy atom. The van der Waals surface area contributed by atoms with Crippen molar-refractivity contribution in [1.82, 2.24) is 19.4 Å². The molecule has 0 radical (unpaired) electrons. The molecule has 1 atom stereocenters. The van der Waals surface area contributed by atoms with Crippen molar-refractivity contribution in [3.63, 3.8) is 0 Å². The minimum Gasteiger partial charge on any atom is -0.469 e. The number of aryl methyl sites for hydroxylation is 2. The Balaban J connectivity index is 1.83. The number of carbonyl (C=O) groups is 1. The summed E-state index contributed by atoms with van der Waals surface area (Å²) in [7, 11) is 2.00. The summed E-state index contributed by atoms with van der Waals surface area (Å²) in [6, 6.07) is 1.88. The molecule has 2 aromatic rings. The van der Waals surface area contributed by atoms with E-state index in [1.54, 1.807) is 12.3 Å². The topological polar surface area (TPSA) is 54.5 Å². The molecule has 1 fully saturated rings. The van der Waals surface area contributed by atoms with Gasteiger partial charge in [0.05, 0.1) is 17.9 Å². The molecule has 0 spiro atoms. The number of hydrogen-bond acceptors (Lipinski definition) is 4. The zero-order valence-corrected chi connectivity index (χ0v) is 13.3. The second-order valence-corrected chi connectivity index (χ2v) is 5.68. The molecule has 0 saturated carbocycles. The fourth-order valence-electron chi connectivity index (χ4n) is 3.10. The maximum Gasteiger partial charge on any atom is 0.257 e. The predicted octanol–water partition coefficient (Wildman–Crippen LogP) is 1.84. The second-order valence-electron chi connectivity index (χ2n) is 5.68. The van der Waals surface area contributed by atoms with Crippen LogP contribution in [0.1, 0.15) is 34.9 Å². The maximum absolute atomic E-state index is 12.7. The van der Waals surface area contributed by atoms with Crippen molar-refractivity contribution in [3.05, 3.63) is 41.9 Å². The fraction of sp³-hybridized carbons (Fsp3) is 0.500. The molecule has 1 aliphatic heterocycles. The zero-order chi connectivity index (χ0) is 15.7. The van der Waals surface area contributed by atoms with Crippen molar-refractivity contribution in [2.45, 2.75) is 19.9 Å². The van der Waals surface area contributed by atoms with Crippen LogP contribution >= 0.6 is 0 Å². The number of hydrogen-bond donors (Lipinski definition) is 0. The molecule has 1 amide bonds. The maximum atomic E-state index is 12.7. The first-order valence-corrected chi connectivity index (χ1v) is 7.66. The van der Waals surface area contributed by atoms with Crippen molar-refractivity contribution in [1.29, 1.82) is 0 Å². The number of likely N-dealkylation sites (N-methyl/N-ethyl adjacent to an activating group) is 1. The highest BCUT2D eigenvalue weighted by Crippen LogP contribution is 2.25. The Bertz CT molecular complexity index is 661. The molecule has 3 rings (SSSR count). The zero-order valence-electron chi connectivity index (χ0n) is 13.3. The summed E-state index contributed by atoms with van der Waals surface area (Å²) < 4.78 is 7.29. The Kier molecular flexibility index (Phi) is 4.02. The van der Waals surface area contributed by atoms with Crippen molar-refractivity contribution < 1.29 is 9.21 Å². The number of aromatic nitrogens is 2. The Morgan fingerprint density at radius 3 is 2.86 bits per heavy atom. The summed E-state index contributed by atoms with van der Waals surface area (Å²) in [5.74, 6) is 1.72. The number of piperazine rings is 1. The van der Waals surface area contributed by atoms with Crippen molar-refractivity contribution >= 4 is 5.91 Å². The van der Waals surface area contributed by atoms with Gasteiger partial charge in [0.25, 0.3) is 5.91 Å². The molecular formula is C16H22N4O2. The highest BCUT2D eigenvalue weighted by Gasteiger charge is 2.33. The molecule has 1 saturated heterocycles. The van der Waals surface area contributed by atoms with E-state index < -0.39 is 0 Å². The monoisotopic (exact) mass is 302 g/mol. The van der Waals surface area contributed by atoms with Crippen LogP contribution in [0.4, 0.5) is 0 Å². The molecule has 0 aliphatic carbocycles. The summed E-state index contributed by atoms with van der Waals surface area (Å²) in [6.07, 6.45) is 5.33. The first kappa shape index (κ1) is 14.8. The number of amides is 1. The molecule has 3 heterocycles. The molecule has 0 N–H and O–H groups in total. The normalized spacial score (nSPS) is 19.6. The molecule has 1 aliphatic rings. The minimum atomic E-state index is 0.0428. The molecule has 6 heteroatoms. The summed E-state index contributed by atoms with van der Waals surface area (Å²) in [5, 5.41) is 0. The summed E-state index contributed by atoms with van der Waals surface area (Å²) in [6.45, 7) is 7.17. The van der Waals surface area contributed by atoms with Crippen LogP contribution in [0.25, 0.3) is 0 Å². The van der Waals surface area contributed by atoms with Gasteiger partial charge in [-0.2, -0.15) is 0 Å². The molecule has 0 bridgehead atoms. The van der Waals surface area contributed by atoms with Gasteiger partial charge in [-0.3, -0.25) is 9.69 Å². The SMILES string of the molecule is CCN1CCN(C(=O)c2ccoc2C)C[C@H]1c1nccn1C. The van der Waals surface area contributed by atoms with Crippen LogP contribution in [0.2, 0.25) is 0 Å². The Labute approximate surface area is 130 Å². The minimum absolute atomic E-state index is 0.0428. The Hall–Kier alpha value is -2.08. The molecule has 22 heavy (non-hydrogen) atoms. The molecule has 118 valence electrons. The lowest BCUT2D eigenvalue weighted by Gasteiger charge is -2.40. The van der Waals surface area contributed by atoms with E-state index in [1.807, 2.05) is 35.8 Å². The lowest BCUT2D eigenvalue weighted by atomic mass is 10.1. The first-order chi connectivity index (χ1) is 10.6. The van der Waals surface area contributed by atoms with E-state index in [0.29, 0.717) is 17.9 Å². The third kappa shape index (κ3) is 2.54. The van der Waals surface area contributed by atoms with E-state index in [1.165, 1.54) is 0 Å². The molecular weight excluding hydrogens is 280 g/mol. The summed E-state index contributed by atoms with van der Waals surface area (Å²) >= 11 is 0. The van der Waals surface area contributed by atoms with E-state index in [-0.39, 0.29) is 11.9 Å². The van der Waals surface area contributed by atoms with Crippen LogP contribution in [0, 0.1) is 6.92 Å². The van der Waals surface area contributed by atoms with Crippen LogP contribution < -0.4 is 0 Å².